The van der Waals surface area contributed by atoms with Gasteiger partial charge in [0.1, 0.15) is 0 Å². The predicted molar refractivity (Wildman–Crippen MR) is 90.6 cm³/mol. The molecule has 0 aliphatic rings. The number of hydrogen-bond acceptors (Lipinski definition) is 2. The summed E-state index contributed by atoms with van der Waals surface area (Å²) >= 11 is 0. The molecule has 0 heterocycles. The Morgan fingerprint density at radius 3 is 2.38 bits per heavy atom. The van der Waals surface area contributed by atoms with Crippen LogP contribution in [0.2, 0.25) is 0 Å². The summed E-state index contributed by atoms with van der Waals surface area (Å²) in [6.45, 7) is 11.7. The summed E-state index contributed by atoms with van der Waals surface area (Å²) < 4.78 is 0. The Morgan fingerprint density at radius 2 is 1.81 bits per heavy atom. The molecule has 3 N–H and O–H groups in total. The van der Waals surface area contributed by atoms with Gasteiger partial charge in [-0.05, 0) is 34.1 Å². The van der Waals surface area contributed by atoms with Gasteiger partial charge in [-0.25, -0.2) is 0 Å². The van der Waals surface area contributed by atoms with Crippen molar-refractivity contribution in [3.63, 3.8) is 0 Å². The van der Waals surface area contributed by atoms with Gasteiger partial charge in [0.15, 0.2) is 5.96 Å². The SMILES string of the molecule is CCCCCC(C)NC(=NCCC(=O)NC(C)C)NCC. The number of aliphatic imine (C=N–C) groups is 1. The first kappa shape index (κ1) is 19.7. The smallest absolute Gasteiger partial charge is 0.222 e. The molecule has 1 unspecified atom stereocenters. The van der Waals surface area contributed by atoms with Crippen LogP contribution in [0.4, 0.5) is 0 Å². The summed E-state index contributed by atoms with van der Waals surface area (Å²) in [5.41, 5.74) is 0. The Labute approximate surface area is 130 Å². The molecule has 5 heteroatoms. The van der Waals surface area contributed by atoms with Crippen molar-refractivity contribution < 1.29 is 4.79 Å². The molecule has 124 valence electrons. The van der Waals surface area contributed by atoms with E-state index < -0.39 is 0 Å². The van der Waals surface area contributed by atoms with Crippen LogP contribution >= 0.6 is 0 Å². The third kappa shape index (κ3) is 12.2. The largest absolute Gasteiger partial charge is 0.357 e. The van der Waals surface area contributed by atoms with Crippen LogP contribution in [-0.2, 0) is 4.79 Å². The highest BCUT2D eigenvalue weighted by Gasteiger charge is 2.06. The Balaban J connectivity index is 4.14. The van der Waals surface area contributed by atoms with Crippen LogP contribution in [0.5, 0.6) is 0 Å². The topological polar surface area (TPSA) is 65.5 Å². The average Bonchev–Trinajstić information content (AvgIpc) is 2.38. The van der Waals surface area contributed by atoms with Gasteiger partial charge in [0.05, 0.1) is 6.54 Å². The van der Waals surface area contributed by atoms with Crippen LogP contribution < -0.4 is 16.0 Å². The highest BCUT2D eigenvalue weighted by molar-refractivity contribution is 5.81. The van der Waals surface area contributed by atoms with Crippen molar-refractivity contribution in [3.05, 3.63) is 0 Å². The maximum atomic E-state index is 11.6. The molecule has 0 saturated heterocycles. The minimum Gasteiger partial charge on any atom is -0.357 e. The van der Waals surface area contributed by atoms with Gasteiger partial charge in [-0.2, -0.15) is 0 Å². The molecule has 0 aromatic carbocycles. The molecule has 0 spiro atoms. The number of nitrogens with zero attached hydrogens (tertiary/aromatic N) is 1. The highest BCUT2D eigenvalue weighted by Crippen LogP contribution is 2.02. The van der Waals surface area contributed by atoms with Crippen molar-refractivity contribution >= 4 is 11.9 Å². The standard InChI is InChI=1S/C16H34N4O/c1-6-8-9-10-14(5)20-16(17-7-2)18-12-11-15(21)19-13(3)4/h13-14H,6-12H2,1-5H3,(H,19,21)(H2,17,18,20). The van der Waals surface area contributed by atoms with Crippen molar-refractivity contribution in [1.29, 1.82) is 0 Å². The van der Waals surface area contributed by atoms with Gasteiger partial charge in [0.25, 0.3) is 0 Å². The fourth-order valence-corrected chi connectivity index (χ4v) is 1.99. The summed E-state index contributed by atoms with van der Waals surface area (Å²) in [6, 6.07) is 0.588. The third-order valence-electron chi connectivity index (χ3n) is 3.03. The molecular formula is C16H34N4O. The molecule has 1 atom stereocenters. The van der Waals surface area contributed by atoms with Gasteiger partial charge in [-0.3, -0.25) is 9.79 Å². The summed E-state index contributed by atoms with van der Waals surface area (Å²) in [5.74, 6) is 0.861. The molecule has 1 amide bonds. The maximum Gasteiger partial charge on any atom is 0.222 e. The number of nitrogens with one attached hydrogen (secondary N) is 3. The molecule has 0 bridgehead atoms. The van der Waals surface area contributed by atoms with E-state index in [1.807, 2.05) is 20.8 Å². The van der Waals surface area contributed by atoms with Crippen molar-refractivity contribution in [2.24, 2.45) is 4.99 Å². The molecule has 0 rings (SSSR count). The Morgan fingerprint density at radius 1 is 1.10 bits per heavy atom. The molecule has 5 nitrogen and oxygen atoms in total. The quantitative estimate of drug-likeness (QED) is 0.330. The van der Waals surface area contributed by atoms with Crippen molar-refractivity contribution in [1.82, 2.24) is 16.0 Å². The molecule has 0 aliphatic carbocycles. The maximum absolute atomic E-state index is 11.6. The number of carbonyl (C=O) groups excluding carboxylic acids is 1. The van der Waals surface area contributed by atoms with Crippen molar-refractivity contribution in [3.8, 4) is 0 Å². The van der Waals surface area contributed by atoms with Gasteiger partial charge in [0, 0.05) is 25.0 Å². The van der Waals surface area contributed by atoms with Crippen molar-refractivity contribution in [2.75, 3.05) is 13.1 Å². The van der Waals surface area contributed by atoms with E-state index in [0.717, 1.165) is 18.9 Å². The predicted octanol–water partition coefficient (Wildman–Crippen LogP) is 2.42. The van der Waals surface area contributed by atoms with Gasteiger partial charge in [0.2, 0.25) is 5.91 Å². The first-order chi connectivity index (χ1) is 9.99. The molecule has 21 heavy (non-hydrogen) atoms. The van der Waals surface area contributed by atoms with Gasteiger partial charge >= 0.3 is 0 Å². The number of unbranched alkanes of at least 4 members (excludes halogenated alkanes) is 2. The van der Waals surface area contributed by atoms with E-state index in [0.29, 0.717) is 19.0 Å². The Bertz CT molecular complexity index is 303. The minimum absolute atomic E-state index is 0.0561. The summed E-state index contributed by atoms with van der Waals surface area (Å²) in [4.78, 5) is 16.0. The van der Waals surface area contributed by atoms with E-state index in [4.69, 9.17) is 0 Å². The molecule has 0 fully saturated rings. The second-order valence-electron chi connectivity index (χ2n) is 5.77. The van der Waals surface area contributed by atoms with Crippen LogP contribution in [0.25, 0.3) is 0 Å². The van der Waals surface area contributed by atoms with Crippen LogP contribution in [0.3, 0.4) is 0 Å². The van der Waals surface area contributed by atoms with Gasteiger partial charge in [-0.1, -0.05) is 26.2 Å². The normalized spacial score (nSPS) is 13.1. The van der Waals surface area contributed by atoms with E-state index in [9.17, 15) is 4.79 Å². The van der Waals surface area contributed by atoms with Crippen molar-refractivity contribution in [2.45, 2.75) is 78.8 Å². The zero-order chi connectivity index (χ0) is 16.1. The second kappa shape index (κ2) is 12.5. The summed E-state index contributed by atoms with van der Waals surface area (Å²) in [7, 11) is 0. The summed E-state index contributed by atoms with van der Waals surface area (Å²) in [6.07, 6.45) is 5.33. The zero-order valence-corrected chi connectivity index (χ0v) is 14.5. The average molecular weight is 298 g/mol. The van der Waals surface area contributed by atoms with Crippen LogP contribution in [0.15, 0.2) is 4.99 Å². The molecular weight excluding hydrogens is 264 g/mol. The van der Waals surface area contributed by atoms with E-state index in [2.05, 4.69) is 34.8 Å². The van der Waals surface area contributed by atoms with E-state index in [-0.39, 0.29) is 11.9 Å². The number of guanidine groups is 1. The molecule has 0 saturated carbocycles. The number of carbonyl (C=O) groups is 1. The van der Waals surface area contributed by atoms with E-state index in [1.54, 1.807) is 0 Å². The Hall–Kier alpha value is -1.26. The van der Waals surface area contributed by atoms with Crippen LogP contribution in [0.1, 0.15) is 66.7 Å². The minimum atomic E-state index is 0.0561. The number of hydrogen-bond donors (Lipinski definition) is 3. The molecule has 0 aliphatic heterocycles. The van der Waals surface area contributed by atoms with Crippen LogP contribution in [0, 0.1) is 0 Å². The first-order valence-corrected chi connectivity index (χ1v) is 8.33. The second-order valence-corrected chi connectivity index (χ2v) is 5.77. The van der Waals surface area contributed by atoms with Gasteiger partial charge in [-0.15, -0.1) is 0 Å². The number of amides is 1. The van der Waals surface area contributed by atoms with Crippen LogP contribution in [-0.4, -0.2) is 37.0 Å². The van der Waals surface area contributed by atoms with E-state index in [1.165, 1.54) is 19.3 Å². The highest BCUT2D eigenvalue weighted by atomic mass is 16.1. The molecule has 0 aromatic rings. The lowest BCUT2D eigenvalue weighted by Gasteiger charge is -2.17. The molecule has 0 radical (unpaired) electrons. The molecule has 0 aromatic heterocycles. The number of rotatable bonds is 10. The lowest BCUT2D eigenvalue weighted by Crippen LogP contribution is -2.42. The summed E-state index contributed by atoms with van der Waals surface area (Å²) in [5, 5.41) is 9.50. The fraction of sp³-hybridized carbons (Fsp3) is 0.875. The first-order valence-electron chi connectivity index (χ1n) is 8.33. The lowest BCUT2D eigenvalue weighted by atomic mass is 10.1. The van der Waals surface area contributed by atoms with Gasteiger partial charge < -0.3 is 16.0 Å². The Kier molecular flexibility index (Phi) is 11.7. The van der Waals surface area contributed by atoms with E-state index >= 15 is 0 Å². The monoisotopic (exact) mass is 298 g/mol. The fourth-order valence-electron chi connectivity index (χ4n) is 1.99. The third-order valence-corrected chi connectivity index (χ3v) is 3.03. The lowest BCUT2D eigenvalue weighted by molar-refractivity contribution is -0.121. The zero-order valence-electron chi connectivity index (χ0n) is 14.5.